The van der Waals surface area contributed by atoms with Gasteiger partial charge in [0.1, 0.15) is 5.75 Å². The van der Waals surface area contributed by atoms with Gasteiger partial charge in [-0.25, -0.2) is 5.43 Å². The molecule has 0 heterocycles. The van der Waals surface area contributed by atoms with E-state index in [2.05, 4.69) is 17.5 Å². The third-order valence-corrected chi connectivity index (χ3v) is 3.31. The third-order valence-electron chi connectivity index (χ3n) is 3.31. The highest BCUT2D eigenvalue weighted by Crippen LogP contribution is 2.13. The van der Waals surface area contributed by atoms with Gasteiger partial charge in [-0.2, -0.15) is 5.10 Å². The molecule has 23 heavy (non-hydrogen) atoms. The number of unbranched alkanes of at least 4 members (excludes halogenated alkanes) is 1. The fraction of sp³-hybridized carbons (Fsp3) is 0.263. The van der Waals surface area contributed by atoms with Gasteiger partial charge in [0, 0.05) is 0 Å². The fourth-order valence-electron chi connectivity index (χ4n) is 2.03. The second-order valence-electron chi connectivity index (χ2n) is 5.24. The van der Waals surface area contributed by atoms with Crippen LogP contribution in [0.4, 0.5) is 0 Å². The summed E-state index contributed by atoms with van der Waals surface area (Å²) >= 11 is 0. The average molecular weight is 310 g/mol. The molecule has 0 fully saturated rings. The summed E-state index contributed by atoms with van der Waals surface area (Å²) in [6, 6.07) is 17.4. The number of hydrogen-bond donors (Lipinski definition) is 1. The maximum Gasteiger partial charge on any atom is 0.277 e. The van der Waals surface area contributed by atoms with Crippen LogP contribution in [0, 0.1) is 0 Å². The van der Waals surface area contributed by atoms with Crippen LogP contribution < -0.4 is 10.2 Å². The van der Waals surface area contributed by atoms with Crippen LogP contribution in [0.2, 0.25) is 0 Å². The lowest BCUT2D eigenvalue weighted by Crippen LogP contribution is -2.24. The van der Waals surface area contributed by atoms with Crippen LogP contribution >= 0.6 is 0 Å². The van der Waals surface area contributed by atoms with Crippen molar-refractivity contribution in [1.82, 2.24) is 5.43 Å². The zero-order valence-corrected chi connectivity index (χ0v) is 13.4. The van der Waals surface area contributed by atoms with Crippen LogP contribution in [-0.2, 0) is 11.2 Å². The lowest BCUT2D eigenvalue weighted by molar-refractivity contribution is -0.123. The van der Waals surface area contributed by atoms with Crippen molar-refractivity contribution >= 4 is 12.1 Å². The maximum absolute atomic E-state index is 11.7. The first-order valence-corrected chi connectivity index (χ1v) is 7.86. The summed E-state index contributed by atoms with van der Waals surface area (Å²) < 4.78 is 5.44. The molecule has 0 aliphatic carbocycles. The summed E-state index contributed by atoms with van der Waals surface area (Å²) in [4.78, 5) is 11.7. The van der Waals surface area contributed by atoms with E-state index in [0.717, 1.165) is 12.0 Å². The largest absolute Gasteiger partial charge is 0.484 e. The first-order valence-electron chi connectivity index (χ1n) is 7.86. The second-order valence-corrected chi connectivity index (χ2v) is 5.24. The van der Waals surface area contributed by atoms with Crippen molar-refractivity contribution in [2.45, 2.75) is 26.2 Å². The van der Waals surface area contributed by atoms with Crippen LogP contribution in [0.1, 0.15) is 30.9 Å². The van der Waals surface area contributed by atoms with Crippen molar-refractivity contribution in [2.75, 3.05) is 6.61 Å². The summed E-state index contributed by atoms with van der Waals surface area (Å²) in [5.41, 5.74) is 4.66. The smallest absolute Gasteiger partial charge is 0.277 e. The quantitative estimate of drug-likeness (QED) is 0.599. The van der Waals surface area contributed by atoms with Gasteiger partial charge in [0.15, 0.2) is 6.61 Å². The van der Waals surface area contributed by atoms with Crippen LogP contribution in [0.25, 0.3) is 0 Å². The Morgan fingerprint density at radius 3 is 2.57 bits per heavy atom. The summed E-state index contributed by atoms with van der Waals surface area (Å²) in [6.07, 6.45) is 5.04. The summed E-state index contributed by atoms with van der Waals surface area (Å²) in [5.74, 6) is 0.402. The molecule has 0 bridgehead atoms. The van der Waals surface area contributed by atoms with E-state index in [1.165, 1.54) is 18.4 Å². The monoisotopic (exact) mass is 310 g/mol. The van der Waals surface area contributed by atoms with Crippen LogP contribution in [0.3, 0.4) is 0 Å². The zero-order chi connectivity index (χ0) is 16.3. The molecule has 0 aliphatic rings. The minimum atomic E-state index is -0.285. The number of rotatable bonds is 8. The molecule has 1 amide bonds. The van der Waals surface area contributed by atoms with E-state index in [1.807, 2.05) is 54.6 Å². The van der Waals surface area contributed by atoms with Gasteiger partial charge in [-0.1, -0.05) is 55.8 Å². The van der Waals surface area contributed by atoms with E-state index in [4.69, 9.17) is 4.74 Å². The fourth-order valence-corrected chi connectivity index (χ4v) is 2.03. The molecule has 4 heteroatoms. The maximum atomic E-state index is 11.7. The number of carbonyl (C=O) groups is 1. The molecule has 2 aromatic carbocycles. The van der Waals surface area contributed by atoms with E-state index in [0.29, 0.717) is 5.75 Å². The van der Waals surface area contributed by atoms with Crippen molar-refractivity contribution < 1.29 is 9.53 Å². The predicted molar refractivity (Wildman–Crippen MR) is 92.7 cm³/mol. The molecule has 4 nitrogen and oxygen atoms in total. The molecule has 0 aromatic heterocycles. The van der Waals surface area contributed by atoms with Crippen LogP contribution in [0.15, 0.2) is 59.7 Å². The number of hydrazone groups is 1. The Kier molecular flexibility index (Phi) is 6.85. The first-order chi connectivity index (χ1) is 11.3. The molecule has 120 valence electrons. The van der Waals surface area contributed by atoms with E-state index in [-0.39, 0.29) is 12.5 Å². The standard InChI is InChI=1S/C19H22N2O2/c1-2-3-7-16-10-12-18(13-11-16)23-15-19(22)21-20-14-17-8-5-4-6-9-17/h4-6,8-14H,2-3,7,15H2,1H3,(H,21,22). The first kappa shape index (κ1) is 16.7. The van der Waals surface area contributed by atoms with E-state index >= 15 is 0 Å². The van der Waals surface area contributed by atoms with E-state index < -0.39 is 0 Å². The molecule has 0 aliphatic heterocycles. The van der Waals surface area contributed by atoms with Crippen LogP contribution in [-0.4, -0.2) is 18.7 Å². The summed E-state index contributed by atoms with van der Waals surface area (Å²) in [7, 11) is 0. The average Bonchev–Trinajstić information content (AvgIpc) is 2.60. The van der Waals surface area contributed by atoms with Crippen LogP contribution in [0.5, 0.6) is 5.75 Å². The lowest BCUT2D eigenvalue weighted by atomic mass is 10.1. The number of ether oxygens (including phenoxy) is 1. The topological polar surface area (TPSA) is 50.7 Å². The van der Waals surface area contributed by atoms with Gasteiger partial charge in [0.25, 0.3) is 5.91 Å². The van der Waals surface area contributed by atoms with E-state index in [1.54, 1.807) is 6.21 Å². The zero-order valence-electron chi connectivity index (χ0n) is 13.4. The normalized spacial score (nSPS) is 10.7. The predicted octanol–water partition coefficient (Wildman–Crippen LogP) is 3.56. The Bertz CT molecular complexity index is 622. The van der Waals surface area contributed by atoms with Gasteiger partial charge in [0.05, 0.1) is 6.21 Å². The van der Waals surface area contributed by atoms with Gasteiger partial charge in [0.2, 0.25) is 0 Å². The highest BCUT2D eigenvalue weighted by atomic mass is 16.5. The molecule has 0 radical (unpaired) electrons. The summed E-state index contributed by atoms with van der Waals surface area (Å²) in [6.45, 7) is 2.12. The molecule has 0 spiro atoms. The Hall–Kier alpha value is -2.62. The molecule has 0 unspecified atom stereocenters. The number of benzene rings is 2. The Morgan fingerprint density at radius 1 is 1.13 bits per heavy atom. The minimum absolute atomic E-state index is 0.0551. The van der Waals surface area contributed by atoms with Crippen molar-refractivity contribution in [3.05, 3.63) is 65.7 Å². The highest BCUT2D eigenvalue weighted by molar-refractivity contribution is 5.82. The van der Waals surface area contributed by atoms with E-state index in [9.17, 15) is 4.79 Å². The molecule has 1 N–H and O–H groups in total. The molecular formula is C19H22N2O2. The van der Waals surface area contributed by atoms with Gasteiger partial charge in [-0.3, -0.25) is 4.79 Å². The van der Waals surface area contributed by atoms with Gasteiger partial charge in [-0.05, 0) is 36.1 Å². The Balaban J connectivity index is 1.72. The third kappa shape index (κ3) is 6.34. The van der Waals surface area contributed by atoms with Crippen molar-refractivity contribution in [3.63, 3.8) is 0 Å². The van der Waals surface area contributed by atoms with Gasteiger partial charge < -0.3 is 4.74 Å². The molecule has 2 aromatic rings. The van der Waals surface area contributed by atoms with Gasteiger partial charge >= 0.3 is 0 Å². The SMILES string of the molecule is CCCCc1ccc(OCC(=O)NN=Cc2ccccc2)cc1. The number of nitrogens with one attached hydrogen (secondary N) is 1. The molecule has 0 saturated heterocycles. The molecule has 0 saturated carbocycles. The number of hydrogen-bond acceptors (Lipinski definition) is 3. The molecular weight excluding hydrogens is 288 g/mol. The van der Waals surface area contributed by atoms with Crippen molar-refractivity contribution in [1.29, 1.82) is 0 Å². The van der Waals surface area contributed by atoms with Crippen molar-refractivity contribution in [2.24, 2.45) is 5.10 Å². The Morgan fingerprint density at radius 2 is 1.87 bits per heavy atom. The summed E-state index contributed by atoms with van der Waals surface area (Å²) in [5, 5.41) is 3.90. The number of aryl methyl sites for hydroxylation is 1. The highest BCUT2D eigenvalue weighted by Gasteiger charge is 2.01. The van der Waals surface area contributed by atoms with Gasteiger partial charge in [-0.15, -0.1) is 0 Å². The number of amides is 1. The molecule has 2 rings (SSSR count). The molecule has 0 atom stereocenters. The second kappa shape index (κ2) is 9.41. The lowest BCUT2D eigenvalue weighted by Gasteiger charge is -2.06. The Labute approximate surface area is 137 Å². The number of carbonyl (C=O) groups excluding carboxylic acids is 1. The van der Waals surface area contributed by atoms with Crippen molar-refractivity contribution in [3.8, 4) is 5.75 Å². The minimum Gasteiger partial charge on any atom is -0.484 e. The number of nitrogens with zero attached hydrogens (tertiary/aromatic N) is 1.